The third-order valence-corrected chi connectivity index (χ3v) is 10.2. The molecular formula is C48H44N8O7. The van der Waals surface area contributed by atoms with Crippen molar-refractivity contribution in [3.05, 3.63) is 159 Å². The number of fused-ring (bicyclic) bond motifs is 2. The van der Waals surface area contributed by atoms with E-state index in [0.29, 0.717) is 69.4 Å². The number of pyridine rings is 2. The summed E-state index contributed by atoms with van der Waals surface area (Å²) in [4.78, 5) is 60.9. The quantitative estimate of drug-likeness (QED) is 0.0951. The van der Waals surface area contributed by atoms with E-state index in [9.17, 15) is 24.4 Å². The van der Waals surface area contributed by atoms with Gasteiger partial charge in [-0.25, -0.2) is 14.4 Å². The molecule has 0 unspecified atom stereocenters. The predicted octanol–water partition coefficient (Wildman–Crippen LogP) is 7.95. The van der Waals surface area contributed by atoms with Gasteiger partial charge in [0, 0.05) is 53.2 Å². The number of nitrogens with one attached hydrogen (secondary N) is 1. The van der Waals surface area contributed by atoms with Gasteiger partial charge in [-0.05, 0) is 100 Å². The van der Waals surface area contributed by atoms with Gasteiger partial charge in [0.15, 0.2) is 11.6 Å². The van der Waals surface area contributed by atoms with E-state index < -0.39 is 5.56 Å². The second kappa shape index (κ2) is 18.6. The lowest BCUT2D eigenvalue weighted by molar-refractivity contribution is 0.101. The number of aryl methyl sites for hydroxylation is 2. The fourth-order valence-corrected chi connectivity index (χ4v) is 7.18. The number of carbonyl (C=O) groups is 2. The van der Waals surface area contributed by atoms with Crippen LogP contribution < -0.4 is 31.3 Å². The molecule has 3 aromatic carbocycles. The molecule has 15 nitrogen and oxygen atoms in total. The highest BCUT2D eigenvalue weighted by molar-refractivity contribution is 6.06. The van der Waals surface area contributed by atoms with E-state index in [1.807, 2.05) is 55.5 Å². The monoisotopic (exact) mass is 844 g/mol. The molecule has 0 saturated carbocycles. The summed E-state index contributed by atoms with van der Waals surface area (Å²) in [5.41, 5.74) is 4.50. The second-order valence-corrected chi connectivity index (χ2v) is 14.2. The average Bonchev–Trinajstić information content (AvgIpc) is 3.30. The summed E-state index contributed by atoms with van der Waals surface area (Å²) in [6, 6.07) is 32.4. The van der Waals surface area contributed by atoms with Crippen molar-refractivity contribution in [1.82, 2.24) is 29.3 Å². The molecule has 4 heterocycles. The van der Waals surface area contributed by atoms with E-state index in [1.54, 1.807) is 88.0 Å². The van der Waals surface area contributed by atoms with Gasteiger partial charge < -0.3 is 20.0 Å². The molecule has 8 rings (SSSR count). The minimum absolute atomic E-state index is 0.00742. The number of methoxy groups -OCH3 is 2. The second-order valence-electron chi connectivity index (χ2n) is 14.2. The van der Waals surface area contributed by atoms with Gasteiger partial charge in [0.2, 0.25) is 0 Å². The van der Waals surface area contributed by atoms with Crippen LogP contribution in [-0.2, 0) is 13.1 Å². The smallest absolute Gasteiger partial charge is 0.293 e. The lowest BCUT2D eigenvalue weighted by Crippen LogP contribution is -2.28. The van der Waals surface area contributed by atoms with Crippen LogP contribution in [0.4, 0.5) is 17.1 Å². The van der Waals surface area contributed by atoms with E-state index in [0.717, 1.165) is 15.6 Å². The number of hydrogen-bond donors (Lipinski definition) is 2. The largest absolute Gasteiger partial charge is 0.497 e. The number of ketones is 2. The first-order valence-electron chi connectivity index (χ1n) is 20.0. The van der Waals surface area contributed by atoms with Crippen LogP contribution in [0.1, 0.15) is 48.4 Å². The van der Waals surface area contributed by atoms with Crippen LogP contribution in [-0.4, -0.2) is 60.3 Å². The van der Waals surface area contributed by atoms with Crippen LogP contribution in [0.15, 0.2) is 136 Å². The van der Waals surface area contributed by atoms with Crippen LogP contribution in [0.2, 0.25) is 0 Å². The number of Topliss-reactive ketones (excluding diaryl/α,β-unsaturated/α-hetero) is 2. The summed E-state index contributed by atoms with van der Waals surface area (Å²) in [6.45, 7) is 7.13. The topological polar surface area (TPSA) is 185 Å². The van der Waals surface area contributed by atoms with Crippen LogP contribution in [0.3, 0.4) is 0 Å². The molecule has 2 aliphatic rings. The van der Waals surface area contributed by atoms with Gasteiger partial charge in [0.1, 0.15) is 34.3 Å². The Balaban J connectivity index is 0.000000189. The van der Waals surface area contributed by atoms with Crippen molar-refractivity contribution in [3.63, 3.8) is 0 Å². The van der Waals surface area contributed by atoms with Crippen molar-refractivity contribution >= 4 is 39.5 Å². The molecule has 0 amide bonds. The molecule has 1 aliphatic carbocycles. The standard InChI is InChI=1S/C24H22N4O4.C24H22N4O3/c1-4-27-24(30)23(25-19-11-6-12-20-18(19)10-7-13-28(20)31)21(15(2)29)22(26-27)16-8-5-9-17(14-16)32-3;1-4-28-24(30)23(26-20-12-6-11-19-18(20)10-7-13-25-19)21(15(2)29)22(27-28)16-8-5-9-17(14-16)31-3/h5-14,31H,4H2,1-3H3;5-14,26H,4H2,1-3H3. The van der Waals surface area contributed by atoms with Crippen LogP contribution in [0.5, 0.6) is 11.5 Å². The number of rotatable bonds is 11. The third kappa shape index (κ3) is 8.70. The van der Waals surface area contributed by atoms with Gasteiger partial charge in [-0.15, -0.1) is 0 Å². The van der Waals surface area contributed by atoms with Crippen LogP contribution in [0.25, 0.3) is 44.7 Å². The summed E-state index contributed by atoms with van der Waals surface area (Å²) in [7, 11) is 3.13. The van der Waals surface area contributed by atoms with Gasteiger partial charge in [0.25, 0.3) is 11.1 Å². The van der Waals surface area contributed by atoms with Crippen molar-refractivity contribution in [1.29, 1.82) is 0 Å². The number of hydrogen-bond acceptors (Lipinski definition) is 12. The van der Waals surface area contributed by atoms with E-state index in [4.69, 9.17) is 9.47 Å². The zero-order chi connectivity index (χ0) is 44.8. The normalized spacial score (nSPS) is 11.2. The number of nitrogens with zero attached hydrogens (tertiary/aromatic N) is 7. The van der Waals surface area contributed by atoms with Crippen molar-refractivity contribution in [3.8, 4) is 45.3 Å². The summed E-state index contributed by atoms with van der Waals surface area (Å²) in [5.74, 6) is 0.657. The Labute approximate surface area is 361 Å². The zero-order valence-corrected chi connectivity index (χ0v) is 35.5. The Morgan fingerprint density at radius 3 is 1.94 bits per heavy atom. The molecule has 15 heteroatoms. The average molecular weight is 845 g/mol. The van der Waals surface area contributed by atoms with Crippen molar-refractivity contribution < 1.29 is 24.3 Å². The highest BCUT2D eigenvalue weighted by atomic mass is 16.5. The minimum Gasteiger partial charge on any atom is -0.497 e. The summed E-state index contributed by atoms with van der Waals surface area (Å²) in [6.07, 6.45) is 3.22. The Bertz CT molecular complexity index is 3180. The fourth-order valence-electron chi connectivity index (χ4n) is 7.18. The van der Waals surface area contributed by atoms with Crippen molar-refractivity contribution in [2.45, 2.75) is 40.8 Å². The number of benzene rings is 4. The number of anilines is 2. The Kier molecular flexibility index (Phi) is 12.7. The Morgan fingerprint density at radius 2 is 1.32 bits per heavy atom. The van der Waals surface area contributed by atoms with Gasteiger partial charge in [-0.2, -0.15) is 14.9 Å². The molecule has 6 aromatic rings. The molecule has 0 saturated heterocycles. The lowest BCUT2D eigenvalue weighted by Gasteiger charge is -2.17. The van der Waals surface area contributed by atoms with Crippen molar-refractivity contribution in [2.75, 3.05) is 19.5 Å². The van der Waals surface area contributed by atoms with Crippen LogP contribution in [0, 0.1) is 0 Å². The van der Waals surface area contributed by atoms with Crippen LogP contribution >= 0.6 is 0 Å². The molecular weight excluding hydrogens is 801 g/mol. The first-order valence-corrected chi connectivity index (χ1v) is 20.0. The number of carbonyl (C=O) groups excluding carboxylic acids is 2. The predicted molar refractivity (Wildman–Crippen MR) is 241 cm³/mol. The maximum atomic E-state index is 13.2. The Morgan fingerprint density at radius 1 is 0.714 bits per heavy atom. The summed E-state index contributed by atoms with van der Waals surface area (Å²) >= 11 is 0. The maximum Gasteiger partial charge on any atom is 0.293 e. The molecule has 3 aromatic heterocycles. The fraction of sp³-hybridized carbons (Fsp3) is 0.167. The van der Waals surface area contributed by atoms with E-state index >= 15 is 0 Å². The zero-order valence-electron chi connectivity index (χ0n) is 35.5. The van der Waals surface area contributed by atoms with E-state index in [-0.39, 0.29) is 39.6 Å². The third-order valence-electron chi connectivity index (χ3n) is 10.2. The Hall–Kier alpha value is -8.20. The molecule has 63 heavy (non-hydrogen) atoms. The van der Waals surface area contributed by atoms with Crippen molar-refractivity contribution in [2.24, 2.45) is 4.99 Å². The highest BCUT2D eigenvalue weighted by Crippen LogP contribution is 2.32. The van der Waals surface area contributed by atoms with Gasteiger partial charge >= 0.3 is 0 Å². The number of ether oxygens (including phenoxy) is 2. The lowest BCUT2D eigenvalue weighted by atomic mass is 10.0. The van der Waals surface area contributed by atoms with E-state index in [2.05, 4.69) is 25.5 Å². The first-order chi connectivity index (χ1) is 30.5. The molecule has 2 N–H and O–H groups in total. The first kappa shape index (κ1) is 42.9. The van der Waals surface area contributed by atoms with Gasteiger partial charge in [0.05, 0.1) is 41.9 Å². The van der Waals surface area contributed by atoms with Gasteiger partial charge in [-0.3, -0.25) is 24.2 Å². The molecule has 318 valence electrons. The molecule has 0 fully saturated rings. The number of aromatic nitrogens is 6. The minimum atomic E-state index is -0.464. The summed E-state index contributed by atoms with van der Waals surface area (Å²) in [5, 5.41) is 23.6. The SMILES string of the molecule is CCn1nc(-c2cccc(OC)c2)c(C(C)=O)c(N=c2cccc3n(O)cccc2-3)c1=O.CCn1nc(-c2cccc(OC)c2)c(C(C)=O)c(Nc2cccc3ncccc23)c1=O. The highest BCUT2D eigenvalue weighted by Gasteiger charge is 2.24. The maximum absolute atomic E-state index is 13.2. The van der Waals surface area contributed by atoms with Gasteiger partial charge in [-0.1, -0.05) is 36.4 Å². The van der Waals surface area contributed by atoms with E-state index in [1.165, 1.54) is 29.4 Å². The molecule has 0 radical (unpaired) electrons. The summed E-state index contributed by atoms with van der Waals surface area (Å²) < 4.78 is 14.3. The molecule has 0 atom stereocenters. The molecule has 1 aliphatic heterocycles. The molecule has 0 spiro atoms. The molecule has 0 bridgehead atoms.